The SMILES string of the molecule is CCC(C)Nc1ccc(C#N)c(Cl)c1. The third-order valence-electron chi connectivity index (χ3n) is 2.11. The van der Waals surface area contributed by atoms with Crippen molar-refractivity contribution in [2.45, 2.75) is 26.3 Å². The van der Waals surface area contributed by atoms with Crippen LogP contribution in [0.25, 0.3) is 0 Å². The van der Waals surface area contributed by atoms with Crippen LogP contribution in [0.4, 0.5) is 5.69 Å². The second-order valence-corrected chi connectivity index (χ2v) is 3.67. The summed E-state index contributed by atoms with van der Waals surface area (Å²) in [6.07, 6.45) is 1.05. The molecule has 0 saturated carbocycles. The first-order valence-corrected chi connectivity index (χ1v) is 5.01. The normalized spacial score (nSPS) is 11.9. The Labute approximate surface area is 89.5 Å². The lowest BCUT2D eigenvalue weighted by Gasteiger charge is -2.13. The topological polar surface area (TPSA) is 35.8 Å². The number of rotatable bonds is 3. The number of hydrogen-bond acceptors (Lipinski definition) is 2. The van der Waals surface area contributed by atoms with Crippen LogP contribution in [0.1, 0.15) is 25.8 Å². The van der Waals surface area contributed by atoms with Crippen LogP contribution in [0.5, 0.6) is 0 Å². The minimum Gasteiger partial charge on any atom is -0.383 e. The Morgan fingerprint density at radius 1 is 1.57 bits per heavy atom. The summed E-state index contributed by atoms with van der Waals surface area (Å²) in [5.74, 6) is 0. The van der Waals surface area contributed by atoms with Crippen molar-refractivity contribution in [2.24, 2.45) is 0 Å². The molecule has 0 radical (unpaired) electrons. The van der Waals surface area contributed by atoms with Gasteiger partial charge in [-0.2, -0.15) is 5.26 Å². The Balaban J connectivity index is 2.82. The van der Waals surface area contributed by atoms with Crippen LogP contribution >= 0.6 is 11.6 Å². The molecule has 0 aliphatic heterocycles. The smallest absolute Gasteiger partial charge is 0.101 e. The average Bonchev–Trinajstić information content (AvgIpc) is 2.18. The van der Waals surface area contributed by atoms with Crippen molar-refractivity contribution in [1.82, 2.24) is 0 Å². The molecule has 0 fully saturated rings. The molecule has 14 heavy (non-hydrogen) atoms. The fourth-order valence-electron chi connectivity index (χ4n) is 1.08. The first kappa shape index (κ1) is 10.9. The maximum absolute atomic E-state index is 8.68. The lowest BCUT2D eigenvalue weighted by Crippen LogP contribution is -2.13. The largest absolute Gasteiger partial charge is 0.383 e. The average molecular weight is 209 g/mol. The number of nitriles is 1. The zero-order chi connectivity index (χ0) is 10.6. The number of benzene rings is 1. The van der Waals surface area contributed by atoms with Crippen LogP contribution in [-0.2, 0) is 0 Å². The van der Waals surface area contributed by atoms with E-state index in [9.17, 15) is 0 Å². The highest BCUT2D eigenvalue weighted by Gasteiger charge is 2.02. The predicted molar refractivity (Wildman–Crippen MR) is 59.5 cm³/mol. The van der Waals surface area contributed by atoms with E-state index in [1.54, 1.807) is 12.1 Å². The molecule has 1 aromatic carbocycles. The summed E-state index contributed by atoms with van der Waals surface area (Å²) in [5.41, 5.74) is 1.48. The highest BCUT2D eigenvalue weighted by molar-refractivity contribution is 6.32. The first-order valence-electron chi connectivity index (χ1n) is 4.63. The van der Waals surface area contributed by atoms with Gasteiger partial charge in [0.1, 0.15) is 6.07 Å². The molecule has 0 aliphatic carbocycles. The van der Waals surface area contributed by atoms with Crippen LogP contribution in [0, 0.1) is 11.3 Å². The molecule has 0 bridgehead atoms. The third-order valence-corrected chi connectivity index (χ3v) is 2.43. The molecule has 0 saturated heterocycles. The molecule has 1 aromatic rings. The van der Waals surface area contributed by atoms with Crippen LogP contribution in [0.15, 0.2) is 18.2 Å². The number of nitrogens with zero attached hydrogens (tertiary/aromatic N) is 1. The second-order valence-electron chi connectivity index (χ2n) is 3.26. The Kier molecular flexibility index (Phi) is 3.79. The quantitative estimate of drug-likeness (QED) is 0.826. The summed E-state index contributed by atoms with van der Waals surface area (Å²) in [6.45, 7) is 4.22. The zero-order valence-electron chi connectivity index (χ0n) is 8.34. The Hall–Kier alpha value is -1.20. The summed E-state index contributed by atoms with van der Waals surface area (Å²) in [7, 11) is 0. The molecule has 0 aromatic heterocycles. The van der Waals surface area contributed by atoms with E-state index in [-0.39, 0.29) is 0 Å². The van der Waals surface area contributed by atoms with Gasteiger partial charge in [0.15, 0.2) is 0 Å². The van der Waals surface area contributed by atoms with Crippen LogP contribution in [0.3, 0.4) is 0 Å². The van der Waals surface area contributed by atoms with Crippen molar-refractivity contribution in [3.05, 3.63) is 28.8 Å². The van der Waals surface area contributed by atoms with E-state index in [0.29, 0.717) is 16.6 Å². The van der Waals surface area contributed by atoms with Gasteiger partial charge in [-0.1, -0.05) is 18.5 Å². The van der Waals surface area contributed by atoms with Gasteiger partial charge in [0.05, 0.1) is 10.6 Å². The molecule has 0 spiro atoms. The lowest BCUT2D eigenvalue weighted by atomic mass is 10.2. The number of halogens is 1. The van der Waals surface area contributed by atoms with Crippen molar-refractivity contribution < 1.29 is 0 Å². The molecular weight excluding hydrogens is 196 g/mol. The van der Waals surface area contributed by atoms with Gasteiger partial charge in [-0.3, -0.25) is 0 Å². The van der Waals surface area contributed by atoms with Gasteiger partial charge in [0.25, 0.3) is 0 Å². The molecule has 0 heterocycles. The van der Waals surface area contributed by atoms with Crippen molar-refractivity contribution in [3.8, 4) is 6.07 Å². The molecular formula is C11H13ClN2. The monoisotopic (exact) mass is 208 g/mol. The highest BCUT2D eigenvalue weighted by atomic mass is 35.5. The molecule has 0 aliphatic rings. The van der Waals surface area contributed by atoms with E-state index in [4.69, 9.17) is 16.9 Å². The van der Waals surface area contributed by atoms with Crippen LogP contribution in [-0.4, -0.2) is 6.04 Å². The molecule has 1 rings (SSSR count). The van der Waals surface area contributed by atoms with E-state index >= 15 is 0 Å². The van der Waals surface area contributed by atoms with Crippen LogP contribution in [0.2, 0.25) is 5.02 Å². The molecule has 1 atom stereocenters. The van der Waals surface area contributed by atoms with Gasteiger partial charge in [0, 0.05) is 11.7 Å². The van der Waals surface area contributed by atoms with Crippen molar-refractivity contribution in [2.75, 3.05) is 5.32 Å². The fourth-order valence-corrected chi connectivity index (χ4v) is 1.30. The number of anilines is 1. The summed E-state index contributed by atoms with van der Waals surface area (Å²) in [5, 5.41) is 12.5. The van der Waals surface area contributed by atoms with E-state index in [2.05, 4.69) is 19.2 Å². The summed E-state index contributed by atoms with van der Waals surface area (Å²) in [4.78, 5) is 0. The van der Waals surface area contributed by atoms with Gasteiger partial charge in [-0.15, -0.1) is 0 Å². The Morgan fingerprint density at radius 2 is 2.29 bits per heavy atom. The van der Waals surface area contributed by atoms with E-state index in [1.807, 2.05) is 12.1 Å². The van der Waals surface area contributed by atoms with Gasteiger partial charge < -0.3 is 5.32 Å². The lowest BCUT2D eigenvalue weighted by molar-refractivity contribution is 0.764. The molecule has 74 valence electrons. The van der Waals surface area contributed by atoms with Crippen molar-refractivity contribution >= 4 is 17.3 Å². The fraction of sp³-hybridized carbons (Fsp3) is 0.364. The molecule has 1 N–H and O–H groups in total. The standard InChI is InChI=1S/C11H13ClN2/c1-3-8(2)14-10-5-4-9(7-13)11(12)6-10/h4-6,8,14H,3H2,1-2H3. The van der Waals surface area contributed by atoms with E-state index < -0.39 is 0 Å². The predicted octanol–water partition coefficient (Wildman–Crippen LogP) is 3.42. The van der Waals surface area contributed by atoms with Crippen LogP contribution < -0.4 is 5.32 Å². The first-order chi connectivity index (χ1) is 6.67. The maximum atomic E-state index is 8.68. The number of hydrogen-bond donors (Lipinski definition) is 1. The van der Waals surface area contributed by atoms with Gasteiger partial charge >= 0.3 is 0 Å². The highest BCUT2D eigenvalue weighted by Crippen LogP contribution is 2.20. The molecule has 1 unspecified atom stereocenters. The van der Waals surface area contributed by atoms with Gasteiger partial charge in [-0.25, -0.2) is 0 Å². The maximum Gasteiger partial charge on any atom is 0.101 e. The van der Waals surface area contributed by atoms with Crippen molar-refractivity contribution in [3.63, 3.8) is 0 Å². The van der Waals surface area contributed by atoms with E-state index in [1.165, 1.54) is 0 Å². The number of nitrogens with one attached hydrogen (secondary N) is 1. The summed E-state index contributed by atoms with van der Waals surface area (Å²) < 4.78 is 0. The minimum absolute atomic E-state index is 0.416. The summed E-state index contributed by atoms with van der Waals surface area (Å²) in [6, 6.07) is 7.83. The Morgan fingerprint density at radius 3 is 2.79 bits per heavy atom. The minimum atomic E-state index is 0.416. The van der Waals surface area contributed by atoms with Crippen molar-refractivity contribution in [1.29, 1.82) is 5.26 Å². The molecule has 3 heteroatoms. The van der Waals surface area contributed by atoms with Gasteiger partial charge in [-0.05, 0) is 31.5 Å². The zero-order valence-corrected chi connectivity index (χ0v) is 9.10. The molecule has 2 nitrogen and oxygen atoms in total. The third kappa shape index (κ3) is 2.65. The molecule has 0 amide bonds. The summed E-state index contributed by atoms with van der Waals surface area (Å²) >= 11 is 5.89. The second kappa shape index (κ2) is 4.88. The van der Waals surface area contributed by atoms with E-state index in [0.717, 1.165) is 12.1 Å². The Bertz CT molecular complexity index is 355. The van der Waals surface area contributed by atoms with Gasteiger partial charge in [0.2, 0.25) is 0 Å².